The molecule has 1 aromatic carbocycles. The molecule has 0 atom stereocenters. The fraction of sp³-hybridized carbons (Fsp3) is 0.0833. The highest BCUT2D eigenvalue weighted by Gasteiger charge is 2.13. The molecule has 0 unspecified atom stereocenters. The summed E-state index contributed by atoms with van der Waals surface area (Å²) in [7, 11) is 0. The molecule has 6 nitrogen and oxygen atoms in total. The molecule has 7 heteroatoms. The average Bonchev–Trinajstić information content (AvgIpc) is 2.83. The van der Waals surface area contributed by atoms with Gasteiger partial charge in [-0.1, -0.05) is 28.9 Å². The van der Waals surface area contributed by atoms with Gasteiger partial charge >= 0.3 is 0 Å². The maximum atomic E-state index is 11.8. The molecule has 2 aromatic rings. The van der Waals surface area contributed by atoms with Crippen molar-refractivity contribution in [2.24, 2.45) is 0 Å². The number of nitrogens with zero attached hydrogens (tertiary/aromatic N) is 1. The highest BCUT2D eigenvalue weighted by molar-refractivity contribution is 6.33. The third-order valence-electron chi connectivity index (χ3n) is 2.27. The number of rotatable bonds is 2. The molecular weight excluding hydrogens is 270 g/mol. The van der Waals surface area contributed by atoms with Gasteiger partial charge in [0.25, 0.3) is 11.8 Å². The lowest BCUT2D eigenvalue weighted by molar-refractivity contribution is 0.0841. The Morgan fingerprint density at radius 2 is 1.89 bits per heavy atom. The predicted molar refractivity (Wildman–Crippen MR) is 67.6 cm³/mol. The van der Waals surface area contributed by atoms with Crippen molar-refractivity contribution in [3.63, 3.8) is 0 Å². The monoisotopic (exact) mass is 279 g/mol. The number of hydrazine groups is 1. The van der Waals surface area contributed by atoms with E-state index >= 15 is 0 Å². The zero-order valence-electron chi connectivity index (χ0n) is 9.94. The number of hydrogen-bond donors (Lipinski definition) is 2. The second kappa shape index (κ2) is 5.53. The van der Waals surface area contributed by atoms with Crippen molar-refractivity contribution < 1.29 is 14.1 Å². The van der Waals surface area contributed by atoms with Gasteiger partial charge in [0.05, 0.1) is 10.6 Å². The average molecular weight is 280 g/mol. The summed E-state index contributed by atoms with van der Waals surface area (Å²) in [4.78, 5) is 23.3. The number of aryl methyl sites for hydroxylation is 1. The first-order valence-electron chi connectivity index (χ1n) is 5.36. The Hall–Kier alpha value is -2.34. The number of amides is 2. The highest BCUT2D eigenvalue weighted by atomic mass is 35.5. The normalized spacial score (nSPS) is 10.0. The number of nitrogens with one attached hydrogen (secondary N) is 2. The zero-order chi connectivity index (χ0) is 13.8. The van der Waals surface area contributed by atoms with Crippen LogP contribution in [0.1, 0.15) is 26.6 Å². The number of halogens is 1. The van der Waals surface area contributed by atoms with Crippen LogP contribution >= 0.6 is 11.6 Å². The third kappa shape index (κ3) is 3.11. The van der Waals surface area contributed by atoms with E-state index in [2.05, 4.69) is 16.0 Å². The van der Waals surface area contributed by atoms with Gasteiger partial charge in [0.15, 0.2) is 5.69 Å². The summed E-state index contributed by atoms with van der Waals surface area (Å²) in [5.41, 5.74) is 4.81. The Balaban J connectivity index is 1.98. The molecule has 0 bridgehead atoms. The molecule has 0 saturated heterocycles. The largest absolute Gasteiger partial charge is 0.361 e. The fourth-order valence-corrected chi connectivity index (χ4v) is 1.59. The van der Waals surface area contributed by atoms with Gasteiger partial charge in [-0.05, 0) is 19.1 Å². The summed E-state index contributed by atoms with van der Waals surface area (Å²) in [6.07, 6.45) is 0. The van der Waals surface area contributed by atoms with E-state index in [0.717, 1.165) is 0 Å². The van der Waals surface area contributed by atoms with E-state index in [4.69, 9.17) is 16.1 Å². The van der Waals surface area contributed by atoms with Gasteiger partial charge in [-0.2, -0.15) is 0 Å². The zero-order valence-corrected chi connectivity index (χ0v) is 10.7. The van der Waals surface area contributed by atoms with Crippen LogP contribution in [0, 0.1) is 6.92 Å². The van der Waals surface area contributed by atoms with Gasteiger partial charge in [-0.3, -0.25) is 20.4 Å². The van der Waals surface area contributed by atoms with E-state index in [1.165, 1.54) is 6.07 Å². The molecule has 0 aliphatic rings. The Kier molecular flexibility index (Phi) is 3.82. The fourth-order valence-electron chi connectivity index (χ4n) is 1.36. The molecule has 1 heterocycles. The molecule has 0 spiro atoms. The van der Waals surface area contributed by atoms with Crippen molar-refractivity contribution in [1.82, 2.24) is 16.0 Å². The lowest BCUT2D eigenvalue weighted by atomic mass is 10.2. The minimum absolute atomic E-state index is 0.0805. The maximum Gasteiger partial charge on any atom is 0.291 e. The molecule has 19 heavy (non-hydrogen) atoms. The van der Waals surface area contributed by atoms with Gasteiger partial charge in [0, 0.05) is 6.07 Å². The summed E-state index contributed by atoms with van der Waals surface area (Å²) in [5, 5.41) is 3.82. The lowest BCUT2D eigenvalue weighted by Gasteiger charge is -2.06. The molecule has 2 N–H and O–H groups in total. The lowest BCUT2D eigenvalue weighted by Crippen LogP contribution is -2.41. The maximum absolute atomic E-state index is 11.8. The van der Waals surface area contributed by atoms with E-state index in [1.54, 1.807) is 31.2 Å². The number of aromatic nitrogens is 1. The van der Waals surface area contributed by atoms with Crippen LogP contribution in [0.5, 0.6) is 0 Å². The van der Waals surface area contributed by atoms with Crippen LogP contribution in [0.3, 0.4) is 0 Å². The van der Waals surface area contributed by atoms with Crippen LogP contribution in [-0.2, 0) is 0 Å². The van der Waals surface area contributed by atoms with E-state index in [9.17, 15) is 9.59 Å². The summed E-state index contributed by atoms with van der Waals surface area (Å²) in [6, 6.07) is 7.96. The van der Waals surface area contributed by atoms with Crippen LogP contribution < -0.4 is 10.9 Å². The number of hydrogen-bond acceptors (Lipinski definition) is 4. The SMILES string of the molecule is Cc1cc(C(=O)NNC(=O)c2ccccc2Cl)no1. The Bertz CT molecular complexity index is 624. The quantitative estimate of drug-likeness (QED) is 0.820. The summed E-state index contributed by atoms with van der Waals surface area (Å²) in [5.74, 6) is -0.584. The summed E-state index contributed by atoms with van der Waals surface area (Å²) >= 11 is 5.85. The summed E-state index contributed by atoms with van der Waals surface area (Å²) < 4.78 is 4.75. The van der Waals surface area contributed by atoms with E-state index in [-0.39, 0.29) is 11.3 Å². The minimum Gasteiger partial charge on any atom is -0.361 e. The van der Waals surface area contributed by atoms with Gasteiger partial charge in [-0.25, -0.2) is 0 Å². The number of benzene rings is 1. The first-order valence-corrected chi connectivity index (χ1v) is 5.74. The molecule has 2 amide bonds. The minimum atomic E-state index is -0.572. The molecule has 0 saturated carbocycles. The molecule has 98 valence electrons. The Labute approximate surface area is 113 Å². The Morgan fingerprint density at radius 1 is 1.21 bits per heavy atom. The molecular formula is C12H10ClN3O3. The molecule has 0 aliphatic carbocycles. The first kappa shape index (κ1) is 13.1. The number of carbonyl (C=O) groups is 2. The second-order valence-electron chi connectivity index (χ2n) is 3.71. The van der Waals surface area contributed by atoms with E-state index < -0.39 is 11.8 Å². The first-order chi connectivity index (χ1) is 9.08. The van der Waals surface area contributed by atoms with Crippen molar-refractivity contribution >= 4 is 23.4 Å². The van der Waals surface area contributed by atoms with Crippen LogP contribution in [0.2, 0.25) is 5.02 Å². The second-order valence-corrected chi connectivity index (χ2v) is 4.12. The topological polar surface area (TPSA) is 84.2 Å². The van der Waals surface area contributed by atoms with Gasteiger partial charge in [0.1, 0.15) is 5.76 Å². The third-order valence-corrected chi connectivity index (χ3v) is 2.60. The van der Waals surface area contributed by atoms with E-state index in [1.807, 2.05) is 0 Å². The van der Waals surface area contributed by atoms with Crippen molar-refractivity contribution in [1.29, 1.82) is 0 Å². The van der Waals surface area contributed by atoms with Gasteiger partial charge in [0.2, 0.25) is 0 Å². The van der Waals surface area contributed by atoms with Crippen LogP contribution in [0.25, 0.3) is 0 Å². The van der Waals surface area contributed by atoms with E-state index in [0.29, 0.717) is 10.8 Å². The van der Waals surface area contributed by atoms with Gasteiger partial charge in [-0.15, -0.1) is 0 Å². The summed E-state index contributed by atoms with van der Waals surface area (Å²) in [6.45, 7) is 1.66. The number of carbonyl (C=O) groups excluding carboxylic acids is 2. The molecule has 2 rings (SSSR count). The molecule has 1 aromatic heterocycles. The van der Waals surface area contributed by atoms with Crippen molar-refractivity contribution in [3.05, 3.63) is 52.4 Å². The van der Waals surface area contributed by atoms with Crippen molar-refractivity contribution in [2.75, 3.05) is 0 Å². The predicted octanol–water partition coefficient (Wildman–Crippen LogP) is 1.71. The highest BCUT2D eigenvalue weighted by Crippen LogP contribution is 2.14. The standard InChI is InChI=1S/C12H10ClN3O3/c1-7-6-10(16-19-7)12(18)15-14-11(17)8-4-2-3-5-9(8)13/h2-6H,1H3,(H,14,17)(H,15,18). The van der Waals surface area contributed by atoms with Crippen LogP contribution in [0.4, 0.5) is 0 Å². The van der Waals surface area contributed by atoms with Crippen LogP contribution in [0.15, 0.2) is 34.9 Å². The molecule has 0 fully saturated rings. The van der Waals surface area contributed by atoms with Crippen molar-refractivity contribution in [3.8, 4) is 0 Å². The molecule has 0 radical (unpaired) electrons. The van der Waals surface area contributed by atoms with Crippen molar-refractivity contribution in [2.45, 2.75) is 6.92 Å². The van der Waals surface area contributed by atoms with Gasteiger partial charge < -0.3 is 4.52 Å². The Morgan fingerprint density at radius 3 is 2.53 bits per heavy atom. The molecule has 0 aliphatic heterocycles. The smallest absolute Gasteiger partial charge is 0.291 e. The van der Waals surface area contributed by atoms with Crippen LogP contribution in [-0.4, -0.2) is 17.0 Å².